The Balaban J connectivity index is 2.97. The molecule has 0 aromatic heterocycles. The molecule has 8 heteroatoms. The summed E-state index contributed by atoms with van der Waals surface area (Å²) in [5.41, 5.74) is 0.449. The molecule has 1 amide bonds. The lowest BCUT2D eigenvalue weighted by Crippen LogP contribution is -2.37. The zero-order chi connectivity index (χ0) is 17.0. The molecule has 0 spiro atoms. The second kappa shape index (κ2) is 7.08. The quantitative estimate of drug-likeness (QED) is 0.827. The number of nitrogens with zero attached hydrogens (tertiary/aromatic N) is 1. The molecule has 7 nitrogen and oxygen atoms in total. The van der Waals surface area contributed by atoms with Crippen LogP contribution < -0.4 is 0 Å². The van der Waals surface area contributed by atoms with E-state index in [2.05, 4.69) is 0 Å². The maximum absolute atomic E-state index is 12.1. The second-order valence-electron chi connectivity index (χ2n) is 5.77. The maximum atomic E-state index is 12.1. The summed E-state index contributed by atoms with van der Waals surface area (Å²) in [5.74, 6) is 0. The van der Waals surface area contributed by atoms with Crippen molar-refractivity contribution in [3.8, 4) is 0 Å². The van der Waals surface area contributed by atoms with Crippen molar-refractivity contribution < 1.29 is 27.3 Å². The molecule has 1 rings (SSSR count). The summed E-state index contributed by atoms with van der Waals surface area (Å²) in [7, 11) is -3.88. The van der Waals surface area contributed by atoms with Crippen LogP contribution in [0.4, 0.5) is 4.79 Å². The highest BCUT2D eigenvalue weighted by molar-refractivity contribution is 7.85. The molecule has 1 aromatic rings. The predicted octanol–water partition coefficient (Wildman–Crippen LogP) is 1.81. The Morgan fingerprint density at radius 1 is 1.27 bits per heavy atom. The largest absolute Gasteiger partial charge is 0.442 e. The van der Waals surface area contributed by atoms with Crippen LogP contribution in [-0.2, 0) is 32.3 Å². The highest BCUT2D eigenvalue weighted by Gasteiger charge is 2.26. The number of carbonyl (C=O) groups is 1. The normalized spacial score (nSPS) is 12.0. The van der Waals surface area contributed by atoms with Gasteiger partial charge in [0.25, 0.3) is 10.1 Å². The van der Waals surface area contributed by atoms with Gasteiger partial charge < -0.3 is 9.84 Å². The number of aliphatic hydroxyl groups excluding tert-OH is 1. The molecule has 0 aliphatic heterocycles. The number of hydrogen-bond acceptors (Lipinski definition) is 6. The van der Waals surface area contributed by atoms with E-state index in [1.165, 1.54) is 0 Å². The molecule has 124 valence electrons. The molecule has 0 unspecified atom stereocenters. The number of rotatable bonds is 5. The maximum Gasteiger partial charge on any atom is 0.435 e. The first kappa shape index (κ1) is 18.4. The molecule has 22 heavy (non-hydrogen) atoms. The molecule has 0 saturated heterocycles. The highest BCUT2D eigenvalue weighted by atomic mass is 32.2. The van der Waals surface area contributed by atoms with Gasteiger partial charge in [0, 0.05) is 0 Å². The van der Waals surface area contributed by atoms with Gasteiger partial charge in [-0.25, -0.2) is 4.79 Å². The van der Waals surface area contributed by atoms with Crippen molar-refractivity contribution in [2.45, 2.75) is 39.5 Å². The first-order valence-electron chi connectivity index (χ1n) is 6.59. The Bertz CT molecular complexity index is 620. The summed E-state index contributed by atoms with van der Waals surface area (Å²) < 4.78 is 32.4. The summed E-state index contributed by atoms with van der Waals surface area (Å²) in [6, 6.07) is 6.72. The minimum absolute atomic E-state index is 0.129. The topological polar surface area (TPSA) is 93.1 Å². The highest BCUT2D eigenvalue weighted by Crippen LogP contribution is 2.15. The third kappa shape index (κ3) is 6.88. The first-order valence-corrected chi connectivity index (χ1v) is 8.40. The lowest BCUT2D eigenvalue weighted by molar-refractivity contribution is -0.0734. The van der Waals surface area contributed by atoms with Crippen LogP contribution >= 0.6 is 0 Å². The molecule has 0 saturated carbocycles. The molecule has 0 heterocycles. The van der Waals surface area contributed by atoms with E-state index >= 15 is 0 Å². The van der Waals surface area contributed by atoms with E-state index in [1.54, 1.807) is 45.0 Å². The molecule has 0 bridgehead atoms. The van der Waals surface area contributed by atoms with E-state index in [9.17, 15) is 13.2 Å². The van der Waals surface area contributed by atoms with Crippen LogP contribution in [0.5, 0.6) is 0 Å². The summed E-state index contributed by atoms with van der Waals surface area (Å²) >= 11 is 0. The molecular formula is C14H21NO6S. The minimum Gasteiger partial charge on any atom is -0.442 e. The van der Waals surface area contributed by atoms with Crippen molar-refractivity contribution >= 4 is 16.2 Å². The van der Waals surface area contributed by atoms with Crippen molar-refractivity contribution in [1.29, 1.82) is 0 Å². The molecular weight excluding hydrogens is 310 g/mol. The van der Waals surface area contributed by atoms with Crippen LogP contribution in [0.2, 0.25) is 0 Å². The van der Waals surface area contributed by atoms with Crippen LogP contribution in [-0.4, -0.2) is 36.5 Å². The van der Waals surface area contributed by atoms with Crippen molar-refractivity contribution in [2.24, 2.45) is 0 Å². The van der Waals surface area contributed by atoms with Gasteiger partial charge in [-0.2, -0.15) is 13.5 Å². The molecule has 0 aliphatic carbocycles. The standard InChI is InChI=1S/C14H21NO6S/c1-14(2,3)20-13(17)15(21-22(4,18)19)9-11-6-5-7-12(8-11)10-16/h5-8,16H,9-10H2,1-4H3. The minimum atomic E-state index is -3.88. The summed E-state index contributed by atoms with van der Waals surface area (Å²) in [5, 5.41) is 9.75. The van der Waals surface area contributed by atoms with Crippen LogP contribution in [0.25, 0.3) is 0 Å². The average Bonchev–Trinajstić information content (AvgIpc) is 2.34. The van der Waals surface area contributed by atoms with Gasteiger partial charge in [0.15, 0.2) is 0 Å². The number of hydrogen-bond donors (Lipinski definition) is 1. The van der Waals surface area contributed by atoms with E-state index < -0.39 is 21.8 Å². The molecule has 1 N–H and O–H groups in total. The van der Waals surface area contributed by atoms with Gasteiger partial charge in [-0.3, -0.25) is 0 Å². The number of ether oxygens (including phenoxy) is 1. The molecule has 0 fully saturated rings. The van der Waals surface area contributed by atoms with Gasteiger partial charge in [-0.05, 0) is 31.9 Å². The summed E-state index contributed by atoms with van der Waals surface area (Å²) in [4.78, 5) is 12.1. The van der Waals surface area contributed by atoms with Gasteiger partial charge >= 0.3 is 6.09 Å². The molecule has 0 aliphatic rings. The Hall–Kier alpha value is -1.64. The van der Waals surface area contributed by atoms with Crippen LogP contribution in [0, 0.1) is 0 Å². The number of carbonyl (C=O) groups excluding carboxylic acids is 1. The van der Waals surface area contributed by atoms with E-state index in [0.29, 0.717) is 16.2 Å². The smallest absolute Gasteiger partial charge is 0.435 e. The Morgan fingerprint density at radius 2 is 1.86 bits per heavy atom. The van der Waals surface area contributed by atoms with E-state index in [-0.39, 0.29) is 13.2 Å². The average molecular weight is 331 g/mol. The van der Waals surface area contributed by atoms with Crippen LogP contribution in [0.1, 0.15) is 31.9 Å². The third-order valence-electron chi connectivity index (χ3n) is 2.32. The Morgan fingerprint density at radius 3 is 2.36 bits per heavy atom. The first-order chi connectivity index (χ1) is 10.00. The molecule has 0 radical (unpaired) electrons. The third-order valence-corrected chi connectivity index (χ3v) is 2.77. The van der Waals surface area contributed by atoms with E-state index in [1.807, 2.05) is 0 Å². The van der Waals surface area contributed by atoms with Gasteiger partial charge in [0.2, 0.25) is 0 Å². The van der Waals surface area contributed by atoms with Crippen molar-refractivity contribution in [3.05, 3.63) is 35.4 Å². The summed E-state index contributed by atoms with van der Waals surface area (Å²) in [6.45, 7) is 4.70. The predicted molar refractivity (Wildman–Crippen MR) is 80.1 cm³/mol. The van der Waals surface area contributed by atoms with Gasteiger partial charge in [-0.15, -0.1) is 4.28 Å². The van der Waals surface area contributed by atoms with Crippen molar-refractivity contribution in [3.63, 3.8) is 0 Å². The van der Waals surface area contributed by atoms with Crippen LogP contribution in [0.15, 0.2) is 24.3 Å². The van der Waals surface area contributed by atoms with E-state index in [4.69, 9.17) is 14.1 Å². The lowest BCUT2D eigenvalue weighted by atomic mass is 10.1. The number of aliphatic hydroxyl groups is 1. The summed E-state index contributed by atoms with van der Waals surface area (Å²) in [6.07, 6.45) is -0.0681. The lowest BCUT2D eigenvalue weighted by Gasteiger charge is -2.25. The van der Waals surface area contributed by atoms with E-state index in [0.717, 1.165) is 6.26 Å². The SMILES string of the molecule is CC(C)(C)OC(=O)N(Cc1cccc(CO)c1)OS(C)(=O)=O. The Labute approximate surface area is 130 Å². The fraction of sp³-hybridized carbons (Fsp3) is 0.500. The fourth-order valence-electron chi connectivity index (χ4n) is 1.59. The fourth-order valence-corrected chi connectivity index (χ4v) is 2.03. The monoisotopic (exact) mass is 331 g/mol. The zero-order valence-electron chi connectivity index (χ0n) is 13.1. The van der Waals surface area contributed by atoms with Gasteiger partial charge in [-0.1, -0.05) is 24.3 Å². The number of benzene rings is 1. The number of amides is 1. The second-order valence-corrected chi connectivity index (χ2v) is 7.33. The molecule has 0 atom stereocenters. The van der Waals surface area contributed by atoms with Crippen LogP contribution in [0.3, 0.4) is 0 Å². The number of hydroxylamine groups is 2. The van der Waals surface area contributed by atoms with Gasteiger partial charge in [0.05, 0.1) is 19.4 Å². The Kier molecular flexibility index (Phi) is 5.92. The van der Waals surface area contributed by atoms with Gasteiger partial charge in [0.1, 0.15) is 5.60 Å². The van der Waals surface area contributed by atoms with Crippen molar-refractivity contribution in [2.75, 3.05) is 6.26 Å². The zero-order valence-corrected chi connectivity index (χ0v) is 13.9. The van der Waals surface area contributed by atoms with Crippen molar-refractivity contribution in [1.82, 2.24) is 5.06 Å². The molecule has 1 aromatic carbocycles.